The van der Waals surface area contributed by atoms with E-state index in [0.29, 0.717) is 64.2 Å². The summed E-state index contributed by atoms with van der Waals surface area (Å²) in [7, 11) is 0. The number of hydrogen-bond acceptors (Lipinski definition) is 19. The molecule has 77 heavy (non-hydrogen) atoms. The smallest absolute Gasteiger partial charge is 0.189 e. The Kier molecular flexibility index (Phi) is 36.3. The molecule has 0 bridgehead atoms. The van der Waals surface area contributed by atoms with E-state index in [-0.39, 0.29) is 38.5 Å². The highest BCUT2D eigenvalue weighted by molar-refractivity contribution is 4.96. The van der Waals surface area contributed by atoms with Gasteiger partial charge < -0.3 is 73.3 Å². The SMILES string of the molecule is CCCCCCCCOCC(COCCCCCCCC)OCc1cn(CC2O[C@H](O[C@H]3OC(Cn4cc(COC(COCCCCCCCC)COCCCCCCCC)nn4)[C@@H](O)[C@H](O)C3O)C(O)C(O)[C@@H]2O)nn1. The first-order valence-electron chi connectivity index (χ1n) is 29.9. The van der Waals surface area contributed by atoms with Crippen molar-refractivity contribution in [2.75, 3.05) is 52.9 Å². The van der Waals surface area contributed by atoms with E-state index >= 15 is 0 Å². The van der Waals surface area contributed by atoms with Crippen molar-refractivity contribution in [2.45, 2.75) is 282 Å². The van der Waals surface area contributed by atoms with Crippen molar-refractivity contribution >= 4 is 0 Å². The maximum Gasteiger partial charge on any atom is 0.189 e. The van der Waals surface area contributed by atoms with E-state index < -0.39 is 61.4 Å². The number of unbranched alkanes of at least 4 members (excludes halogenated alkanes) is 20. The van der Waals surface area contributed by atoms with Gasteiger partial charge in [-0.1, -0.05) is 167 Å². The topological polar surface area (TPSA) is 266 Å². The van der Waals surface area contributed by atoms with Crippen molar-refractivity contribution in [3.63, 3.8) is 0 Å². The third-order valence-electron chi connectivity index (χ3n) is 14.2. The second kappa shape index (κ2) is 41.6. The van der Waals surface area contributed by atoms with Gasteiger partial charge in [0, 0.05) is 26.4 Å². The number of aliphatic hydroxyl groups excluding tert-OH is 6. The summed E-state index contributed by atoms with van der Waals surface area (Å²) in [6, 6.07) is 0. The molecule has 2 aliphatic rings. The fourth-order valence-corrected chi connectivity index (χ4v) is 9.34. The van der Waals surface area contributed by atoms with Gasteiger partial charge in [-0.25, -0.2) is 9.36 Å². The van der Waals surface area contributed by atoms with Crippen molar-refractivity contribution in [1.29, 1.82) is 0 Å². The van der Waals surface area contributed by atoms with Crippen molar-refractivity contribution in [1.82, 2.24) is 30.0 Å². The van der Waals surface area contributed by atoms with Gasteiger partial charge in [0.1, 0.15) is 72.4 Å². The molecule has 0 aromatic carbocycles. The predicted octanol–water partition coefficient (Wildman–Crippen LogP) is 6.48. The zero-order valence-electron chi connectivity index (χ0n) is 47.6. The van der Waals surface area contributed by atoms with Crippen LogP contribution in [0.2, 0.25) is 0 Å². The third-order valence-corrected chi connectivity index (χ3v) is 14.2. The molecule has 21 heteroatoms. The first-order valence-corrected chi connectivity index (χ1v) is 29.9. The van der Waals surface area contributed by atoms with E-state index in [0.717, 1.165) is 51.4 Å². The fourth-order valence-electron chi connectivity index (χ4n) is 9.34. The summed E-state index contributed by atoms with van der Waals surface area (Å²) < 4.78 is 57.1. The molecule has 6 N–H and O–H groups in total. The summed E-state index contributed by atoms with van der Waals surface area (Å²) in [6.45, 7) is 13.0. The quantitative estimate of drug-likeness (QED) is 0.0387. The number of hydrogen-bond donors (Lipinski definition) is 6. The maximum atomic E-state index is 11.0. The van der Waals surface area contributed by atoms with Crippen molar-refractivity contribution in [2.24, 2.45) is 0 Å². The molecule has 2 aliphatic heterocycles. The van der Waals surface area contributed by atoms with Crippen LogP contribution in [-0.2, 0) is 68.9 Å². The monoisotopic (exact) mass is 1100 g/mol. The lowest BCUT2D eigenvalue weighted by molar-refractivity contribution is -0.375. The number of aromatic nitrogens is 6. The molecule has 10 atom stereocenters. The number of nitrogens with zero attached hydrogens (tertiary/aromatic N) is 6. The van der Waals surface area contributed by atoms with E-state index in [1.165, 1.54) is 112 Å². The molecular formula is C56H104N6O15. The Morgan fingerprint density at radius 1 is 0.416 bits per heavy atom. The van der Waals surface area contributed by atoms with Crippen molar-refractivity contribution in [3.05, 3.63) is 23.8 Å². The van der Waals surface area contributed by atoms with E-state index in [1.54, 1.807) is 12.4 Å². The Bertz CT molecular complexity index is 1540. The minimum atomic E-state index is -1.79. The van der Waals surface area contributed by atoms with Crippen LogP contribution in [0.3, 0.4) is 0 Å². The predicted molar refractivity (Wildman–Crippen MR) is 288 cm³/mol. The summed E-state index contributed by atoms with van der Waals surface area (Å²) in [5.41, 5.74) is 1.00. The molecule has 0 saturated carbocycles. The lowest BCUT2D eigenvalue weighted by Gasteiger charge is -2.45. The van der Waals surface area contributed by atoms with Gasteiger partial charge in [-0.15, -0.1) is 10.2 Å². The molecule has 0 amide bonds. The highest BCUT2D eigenvalue weighted by atomic mass is 16.8. The average Bonchev–Trinajstić information content (AvgIpc) is 4.10. The molecular weight excluding hydrogens is 997 g/mol. The van der Waals surface area contributed by atoms with Gasteiger partial charge in [0.2, 0.25) is 0 Å². The van der Waals surface area contributed by atoms with Crippen LogP contribution in [0.1, 0.15) is 193 Å². The highest BCUT2D eigenvalue weighted by Crippen LogP contribution is 2.29. The number of rotatable bonds is 48. The zero-order chi connectivity index (χ0) is 55.3. The standard InChI is InChI=1S/C56H104N6O15/c1-5-9-13-17-21-25-29-69-39-45(40-70-30-26-22-18-14-10-6-2)73-37-43-33-61(59-57-43)35-47-49(63)51(65)53(67)55(75-47)77-56-54(68)52(66)50(64)48(76-56)36-62-34-44(58-60-62)38-74-46(41-71-31-27-23-19-15-11-7-3)42-72-32-28-24-20-16-12-8-4/h33-34,45-56,63-68H,5-32,35-42H2,1-4H3/t47?,48?,49-,50-,51+,52?,53?,54?,55-,56-/m1/s1. The second-order valence-electron chi connectivity index (χ2n) is 21.3. The summed E-state index contributed by atoms with van der Waals surface area (Å²) in [6.07, 6.45) is 14.9. The van der Waals surface area contributed by atoms with E-state index in [4.69, 9.17) is 42.6 Å². The number of ether oxygens (including phenoxy) is 9. The van der Waals surface area contributed by atoms with Crippen molar-refractivity contribution < 1.29 is 73.3 Å². The van der Waals surface area contributed by atoms with E-state index in [9.17, 15) is 30.6 Å². The van der Waals surface area contributed by atoms with Crippen LogP contribution in [0, 0.1) is 0 Å². The molecule has 448 valence electrons. The summed E-state index contributed by atoms with van der Waals surface area (Å²) in [4.78, 5) is 0. The Hall–Kier alpha value is -2.32. The van der Waals surface area contributed by atoms with Gasteiger partial charge in [0.25, 0.3) is 0 Å². The summed E-state index contributed by atoms with van der Waals surface area (Å²) in [5, 5.41) is 82.8. The molecule has 2 saturated heterocycles. The van der Waals surface area contributed by atoms with Gasteiger partial charge in [-0.05, 0) is 25.7 Å². The molecule has 2 aromatic heterocycles. The summed E-state index contributed by atoms with van der Waals surface area (Å²) >= 11 is 0. The van der Waals surface area contributed by atoms with Crippen LogP contribution in [0.4, 0.5) is 0 Å². The van der Waals surface area contributed by atoms with E-state index in [1.807, 2.05) is 0 Å². The van der Waals surface area contributed by atoms with Crippen molar-refractivity contribution in [3.8, 4) is 0 Å². The van der Waals surface area contributed by atoms with Crippen LogP contribution in [0.25, 0.3) is 0 Å². The fraction of sp³-hybridized carbons (Fsp3) is 0.929. The van der Waals surface area contributed by atoms with Crippen LogP contribution in [-0.4, -0.2) is 187 Å². The molecule has 21 nitrogen and oxygen atoms in total. The first-order chi connectivity index (χ1) is 37.6. The molecule has 5 unspecified atom stereocenters. The van der Waals surface area contributed by atoms with Crippen LogP contribution in [0.5, 0.6) is 0 Å². The molecule has 2 aromatic rings. The third kappa shape index (κ3) is 27.3. The summed E-state index contributed by atoms with van der Waals surface area (Å²) in [5.74, 6) is 0. The Labute approximate surface area is 460 Å². The van der Waals surface area contributed by atoms with Gasteiger partial charge >= 0.3 is 0 Å². The Balaban J connectivity index is 1.28. The Morgan fingerprint density at radius 3 is 1.03 bits per heavy atom. The van der Waals surface area contributed by atoms with Crippen LogP contribution >= 0.6 is 0 Å². The van der Waals surface area contributed by atoms with E-state index in [2.05, 4.69) is 48.3 Å². The van der Waals surface area contributed by atoms with Gasteiger partial charge in [0.15, 0.2) is 12.6 Å². The molecule has 4 heterocycles. The lowest BCUT2D eigenvalue weighted by Crippen LogP contribution is -2.63. The van der Waals surface area contributed by atoms with Crippen LogP contribution < -0.4 is 0 Å². The molecule has 0 radical (unpaired) electrons. The molecule has 0 aliphatic carbocycles. The zero-order valence-corrected chi connectivity index (χ0v) is 47.6. The minimum Gasteiger partial charge on any atom is -0.388 e. The highest BCUT2D eigenvalue weighted by Gasteiger charge is 2.50. The van der Waals surface area contributed by atoms with Gasteiger partial charge in [-0.3, -0.25) is 0 Å². The average molecular weight is 1100 g/mol. The normalized spacial score (nSPS) is 24.0. The largest absolute Gasteiger partial charge is 0.388 e. The van der Waals surface area contributed by atoms with Gasteiger partial charge in [0.05, 0.1) is 65.1 Å². The maximum absolute atomic E-state index is 11.0. The lowest BCUT2D eigenvalue weighted by atomic mass is 9.97. The second-order valence-corrected chi connectivity index (χ2v) is 21.3. The molecule has 0 spiro atoms. The Morgan fingerprint density at radius 2 is 0.714 bits per heavy atom. The minimum absolute atomic E-state index is 0.112. The molecule has 2 fully saturated rings. The van der Waals surface area contributed by atoms with Gasteiger partial charge in [-0.2, -0.15) is 0 Å². The molecule has 4 rings (SSSR count). The van der Waals surface area contributed by atoms with Crippen LogP contribution in [0.15, 0.2) is 12.4 Å². The first kappa shape index (κ1) is 67.2. The number of aliphatic hydroxyl groups is 6.